The van der Waals surface area contributed by atoms with Gasteiger partial charge >= 0.3 is 0 Å². The topological polar surface area (TPSA) is 30.5 Å². The van der Waals surface area contributed by atoms with Crippen molar-refractivity contribution in [3.63, 3.8) is 0 Å². The molecule has 0 amide bonds. The second-order valence-corrected chi connectivity index (χ2v) is 4.06. The third-order valence-corrected chi connectivity index (χ3v) is 2.95. The Balaban J connectivity index is 2.40. The molecule has 0 spiro atoms. The van der Waals surface area contributed by atoms with Gasteiger partial charge in [0.05, 0.1) is 31.4 Å². The van der Waals surface area contributed by atoms with Crippen LogP contribution >= 0.6 is 0 Å². The lowest BCUT2D eigenvalue weighted by Crippen LogP contribution is -2.62. The molecule has 0 unspecified atom stereocenters. The van der Waals surface area contributed by atoms with Crippen molar-refractivity contribution in [3.05, 3.63) is 23.8 Å². The molecule has 0 fully saturated rings. The number of likely N-dealkylation sites (N-methyl/N-ethyl adjacent to an activating group) is 1. The van der Waals surface area contributed by atoms with Crippen molar-refractivity contribution in [1.82, 2.24) is 5.32 Å². The van der Waals surface area contributed by atoms with Crippen LogP contribution in [-0.4, -0.2) is 50.6 Å². The number of ether oxygens (including phenoxy) is 2. The van der Waals surface area contributed by atoms with Crippen LogP contribution in [0.25, 0.3) is 0 Å². The van der Waals surface area contributed by atoms with Crippen molar-refractivity contribution in [2.75, 3.05) is 13.8 Å². The first-order valence-corrected chi connectivity index (χ1v) is 5.13. The summed E-state index contributed by atoms with van der Waals surface area (Å²) in [5.41, 5.74) is 0.557. The van der Waals surface area contributed by atoms with E-state index in [1.54, 1.807) is 25.2 Å². The van der Waals surface area contributed by atoms with E-state index < -0.39 is 10.6 Å². The van der Waals surface area contributed by atoms with E-state index in [2.05, 4.69) is 5.32 Å². The van der Waals surface area contributed by atoms with Crippen LogP contribution in [0.5, 0.6) is 11.5 Å². The summed E-state index contributed by atoms with van der Waals surface area (Å²) < 4.78 is 10.4. The summed E-state index contributed by atoms with van der Waals surface area (Å²) in [4.78, 5) is 0. The number of hydrogen-bond donors (Lipinski definition) is 1. The minimum atomic E-state index is -1.44. The molecule has 2 rings (SSSR count). The summed E-state index contributed by atoms with van der Waals surface area (Å²) in [5, 5.41) is -0.204. The molecular formula is C10H9B4NO2. The van der Waals surface area contributed by atoms with Crippen molar-refractivity contribution in [1.29, 1.82) is 0 Å². The van der Waals surface area contributed by atoms with Gasteiger partial charge in [-0.2, -0.15) is 0 Å². The molecule has 1 aromatic carbocycles. The molecule has 78 valence electrons. The van der Waals surface area contributed by atoms with Crippen molar-refractivity contribution in [2.24, 2.45) is 0 Å². The maximum Gasteiger partial charge on any atom is 0.231 e. The SMILES string of the molecule is [B]C([B])(NC)C([B])([B])c1ccc2c(c1)OCO2. The molecule has 3 nitrogen and oxygen atoms in total. The molecule has 8 radical (unpaired) electrons. The fourth-order valence-corrected chi connectivity index (χ4v) is 1.60. The quantitative estimate of drug-likeness (QED) is 0.668. The van der Waals surface area contributed by atoms with Gasteiger partial charge in [0.15, 0.2) is 11.5 Å². The molecule has 0 saturated heterocycles. The van der Waals surface area contributed by atoms with E-state index in [0.29, 0.717) is 17.1 Å². The Kier molecular flexibility index (Phi) is 2.98. The van der Waals surface area contributed by atoms with Crippen LogP contribution in [0.4, 0.5) is 0 Å². The largest absolute Gasteiger partial charge is 0.454 e. The number of benzene rings is 1. The fourth-order valence-electron chi connectivity index (χ4n) is 1.60. The van der Waals surface area contributed by atoms with Gasteiger partial charge in [-0.3, -0.25) is 0 Å². The van der Waals surface area contributed by atoms with Crippen LogP contribution < -0.4 is 14.8 Å². The minimum absolute atomic E-state index is 0.184. The maximum atomic E-state index is 5.99. The molecule has 0 saturated carbocycles. The summed E-state index contributed by atoms with van der Waals surface area (Å²) in [7, 11) is 25.2. The zero-order valence-electron chi connectivity index (χ0n) is 9.57. The van der Waals surface area contributed by atoms with Gasteiger partial charge in [-0.05, 0) is 19.2 Å². The third-order valence-electron chi connectivity index (χ3n) is 2.95. The van der Waals surface area contributed by atoms with E-state index in [0.717, 1.165) is 0 Å². The average molecular weight is 218 g/mol. The van der Waals surface area contributed by atoms with Crippen molar-refractivity contribution >= 4 is 31.4 Å². The number of nitrogens with one attached hydrogen (secondary N) is 1. The van der Waals surface area contributed by atoms with Crippen LogP contribution in [0.2, 0.25) is 0 Å². The first kappa shape index (κ1) is 12.5. The monoisotopic (exact) mass is 219 g/mol. The van der Waals surface area contributed by atoms with Crippen LogP contribution in [0, 0.1) is 0 Å². The zero-order valence-corrected chi connectivity index (χ0v) is 9.57. The lowest BCUT2D eigenvalue weighted by molar-refractivity contribution is 0.174. The van der Waals surface area contributed by atoms with Crippen molar-refractivity contribution < 1.29 is 9.47 Å². The van der Waals surface area contributed by atoms with Gasteiger partial charge in [0.25, 0.3) is 0 Å². The highest BCUT2D eigenvalue weighted by Crippen LogP contribution is 2.36. The molecule has 1 aromatic rings. The number of fused-ring (bicyclic) bond motifs is 1. The lowest BCUT2D eigenvalue weighted by atomic mass is 9.32. The first-order valence-electron chi connectivity index (χ1n) is 5.13. The first-order chi connectivity index (χ1) is 7.88. The van der Waals surface area contributed by atoms with E-state index in [1.165, 1.54) is 0 Å². The van der Waals surface area contributed by atoms with Gasteiger partial charge < -0.3 is 14.8 Å². The molecule has 1 N–H and O–H groups in total. The smallest absolute Gasteiger partial charge is 0.231 e. The minimum Gasteiger partial charge on any atom is -0.454 e. The summed E-state index contributed by atoms with van der Waals surface area (Å²) in [6, 6.07) is 5.10. The molecule has 0 aliphatic carbocycles. The molecular weight excluding hydrogens is 209 g/mol. The average Bonchev–Trinajstić information content (AvgIpc) is 2.75. The van der Waals surface area contributed by atoms with Gasteiger partial charge in [-0.25, -0.2) is 0 Å². The Bertz CT molecular complexity index is 436. The molecule has 1 aliphatic rings. The number of hydrogen-bond acceptors (Lipinski definition) is 3. The van der Waals surface area contributed by atoms with Crippen LogP contribution in [0.15, 0.2) is 18.2 Å². The van der Waals surface area contributed by atoms with Gasteiger partial charge in [-0.1, -0.05) is 22.2 Å². The second kappa shape index (κ2) is 4.05. The van der Waals surface area contributed by atoms with E-state index in [4.69, 9.17) is 40.9 Å². The Morgan fingerprint density at radius 3 is 2.41 bits per heavy atom. The van der Waals surface area contributed by atoms with Crippen molar-refractivity contribution in [2.45, 2.75) is 10.6 Å². The highest BCUT2D eigenvalue weighted by Gasteiger charge is 2.35. The zero-order chi connectivity index (χ0) is 12.7. The van der Waals surface area contributed by atoms with Crippen LogP contribution in [0.1, 0.15) is 5.56 Å². The fraction of sp³-hybridized carbons (Fsp3) is 0.400. The Hall–Kier alpha value is -0.960. The van der Waals surface area contributed by atoms with E-state index in [1.807, 2.05) is 0 Å². The molecule has 0 aromatic heterocycles. The summed E-state index contributed by atoms with van der Waals surface area (Å²) in [6.45, 7) is 0.184. The second-order valence-electron chi connectivity index (χ2n) is 4.06. The van der Waals surface area contributed by atoms with E-state index in [-0.39, 0.29) is 6.79 Å². The molecule has 7 heteroatoms. The lowest BCUT2D eigenvalue weighted by Gasteiger charge is -2.44. The molecule has 1 aliphatic heterocycles. The molecule has 0 bridgehead atoms. The predicted octanol–water partition coefficient (Wildman–Crippen LogP) is -0.885. The van der Waals surface area contributed by atoms with Gasteiger partial charge in [0, 0.05) is 0 Å². The van der Waals surface area contributed by atoms with Crippen molar-refractivity contribution in [3.8, 4) is 11.5 Å². The van der Waals surface area contributed by atoms with E-state index >= 15 is 0 Å². The van der Waals surface area contributed by atoms with Gasteiger partial charge in [0.2, 0.25) is 6.79 Å². The standard InChI is InChI=1S/C10H9B4NO2/c1-15-10(13,14)9(11,12)6-2-3-7-8(4-6)17-5-16-7/h2-4,15H,5H2,1H3. The normalized spacial score (nSPS) is 14.9. The maximum absolute atomic E-state index is 5.99. The summed E-state index contributed by atoms with van der Waals surface area (Å²) in [5.74, 6) is 1.23. The third kappa shape index (κ3) is 1.97. The molecule has 1 heterocycles. The summed E-state index contributed by atoms with van der Waals surface area (Å²) in [6.07, 6.45) is 0. The highest BCUT2D eigenvalue weighted by molar-refractivity contribution is 6.54. The summed E-state index contributed by atoms with van der Waals surface area (Å²) >= 11 is 0. The highest BCUT2D eigenvalue weighted by atomic mass is 16.7. The predicted molar refractivity (Wildman–Crippen MR) is 69.0 cm³/mol. The van der Waals surface area contributed by atoms with Gasteiger partial charge in [-0.15, -0.1) is 0 Å². The van der Waals surface area contributed by atoms with Crippen LogP contribution in [0.3, 0.4) is 0 Å². The molecule has 17 heavy (non-hydrogen) atoms. The molecule has 0 atom stereocenters. The van der Waals surface area contributed by atoms with Crippen LogP contribution in [-0.2, 0) is 5.21 Å². The Labute approximate surface area is 106 Å². The van der Waals surface area contributed by atoms with E-state index in [9.17, 15) is 0 Å². The van der Waals surface area contributed by atoms with Gasteiger partial charge in [0.1, 0.15) is 0 Å². The number of rotatable bonds is 3. The Morgan fingerprint density at radius 2 is 1.76 bits per heavy atom. The Morgan fingerprint density at radius 1 is 1.12 bits per heavy atom.